The van der Waals surface area contributed by atoms with Crippen molar-refractivity contribution in [1.29, 1.82) is 0 Å². The van der Waals surface area contributed by atoms with Crippen molar-refractivity contribution in [2.24, 2.45) is 7.05 Å². The molecule has 0 aliphatic carbocycles. The van der Waals surface area contributed by atoms with Gasteiger partial charge in [-0.3, -0.25) is 19.2 Å². The van der Waals surface area contributed by atoms with Gasteiger partial charge >= 0.3 is 6.01 Å². The van der Waals surface area contributed by atoms with E-state index in [-0.39, 0.29) is 30.4 Å². The average molecular weight is 484 g/mol. The molecule has 1 aliphatic heterocycles. The molecule has 11 heteroatoms. The monoisotopic (exact) mass is 483 g/mol. The zero-order valence-electron chi connectivity index (χ0n) is 20.4. The number of pyridine rings is 1. The van der Waals surface area contributed by atoms with E-state index in [0.717, 1.165) is 11.3 Å². The maximum Gasteiger partial charge on any atom is 0.317 e. The number of carbonyl (C=O) groups excluding carboxylic acids is 1. The number of nitrogens with zero attached hydrogens (tertiary/aromatic N) is 5. The number of rotatable bonds is 8. The van der Waals surface area contributed by atoms with Crippen molar-refractivity contribution in [2.45, 2.75) is 39.9 Å². The van der Waals surface area contributed by atoms with Gasteiger partial charge in [0.2, 0.25) is 0 Å². The van der Waals surface area contributed by atoms with Crippen LogP contribution in [0.15, 0.2) is 23.1 Å². The fourth-order valence-corrected chi connectivity index (χ4v) is 4.25. The Hall–Kier alpha value is -3.60. The van der Waals surface area contributed by atoms with Crippen LogP contribution in [0.3, 0.4) is 0 Å². The number of hydrogen-bond acceptors (Lipinski definition) is 7. The number of aryl methyl sites for hydroxylation is 3. The van der Waals surface area contributed by atoms with Gasteiger partial charge in [-0.1, -0.05) is 0 Å². The Morgan fingerprint density at radius 2 is 2.11 bits per heavy atom. The summed E-state index contributed by atoms with van der Waals surface area (Å²) < 4.78 is 20.9. The highest BCUT2D eigenvalue weighted by molar-refractivity contribution is 5.95. The van der Waals surface area contributed by atoms with Crippen molar-refractivity contribution in [1.82, 2.24) is 34.9 Å². The van der Waals surface area contributed by atoms with Crippen LogP contribution in [0.4, 0.5) is 4.39 Å². The number of aromatic nitrogens is 5. The molecule has 0 spiro atoms. The molecule has 3 aromatic rings. The number of halogens is 1. The maximum absolute atomic E-state index is 13.4. The lowest BCUT2D eigenvalue weighted by molar-refractivity contribution is 0.0943. The SMILES string of the molecule is Cc1cc(C)c(CNC(=O)c2nc(OCCN3CC[C@H](F)C3)nc(-c3ccnn3C)c2C)c(=O)[nH]1. The fourth-order valence-electron chi connectivity index (χ4n) is 4.25. The number of amides is 1. The summed E-state index contributed by atoms with van der Waals surface area (Å²) >= 11 is 0. The summed E-state index contributed by atoms with van der Waals surface area (Å²) in [5, 5.41) is 7.00. The number of alkyl halides is 1. The third-order valence-corrected chi connectivity index (χ3v) is 6.18. The van der Waals surface area contributed by atoms with E-state index in [9.17, 15) is 14.0 Å². The van der Waals surface area contributed by atoms with Gasteiger partial charge in [0.15, 0.2) is 0 Å². The molecule has 1 fully saturated rings. The van der Waals surface area contributed by atoms with Gasteiger partial charge in [-0.05, 0) is 44.9 Å². The first-order chi connectivity index (χ1) is 16.7. The molecule has 4 heterocycles. The minimum absolute atomic E-state index is 0.0531. The summed E-state index contributed by atoms with van der Waals surface area (Å²) in [4.78, 5) is 39.1. The lowest BCUT2D eigenvalue weighted by Gasteiger charge is -2.16. The van der Waals surface area contributed by atoms with Gasteiger partial charge in [0.1, 0.15) is 18.5 Å². The number of nitrogens with one attached hydrogen (secondary N) is 2. The van der Waals surface area contributed by atoms with E-state index >= 15 is 0 Å². The smallest absolute Gasteiger partial charge is 0.317 e. The van der Waals surface area contributed by atoms with Crippen molar-refractivity contribution in [3.63, 3.8) is 0 Å². The van der Waals surface area contributed by atoms with Gasteiger partial charge in [-0.2, -0.15) is 15.1 Å². The summed E-state index contributed by atoms with van der Waals surface area (Å²) in [5.41, 5.74) is 3.74. The zero-order chi connectivity index (χ0) is 25.1. The Bertz CT molecular complexity index is 1290. The van der Waals surface area contributed by atoms with E-state index < -0.39 is 12.1 Å². The molecule has 1 atom stereocenters. The highest BCUT2D eigenvalue weighted by Gasteiger charge is 2.23. The Balaban J connectivity index is 1.57. The number of ether oxygens (including phenoxy) is 1. The minimum atomic E-state index is -0.804. The first kappa shape index (κ1) is 24.5. The molecule has 3 aromatic heterocycles. The zero-order valence-corrected chi connectivity index (χ0v) is 20.4. The molecule has 186 valence electrons. The van der Waals surface area contributed by atoms with Gasteiger partial charge in [0.05, 0.1) is 11.4 Å². The predicted molar refractivity (Wildman–Crippen MR) is 128 cm³/mol. The normalized spacial score (nSPS) is 16.0. The minimum Gasteiger partial charge on any atom is -0.462 e. The number of aromatic amines is 1. The highest BCUT2D eigenvalue weighted by Crippen LogP contribution is 2.25. The van der Waals surface area contributed by atoms with Gasteiger partial charge in [-0.15, -0.1) is 0 Å². The molecule has 1 aliphatic rings. The molecular weight excluding hydrogens is 453 g/mol. The number of H-pyrrole nitrogens is 1. The summed E-state index contributed by atoms with van der Waals surface area (Å²) in [6, 6.07) is 3.70. The Morgan fingerprint density at radius 1 is 1.31 bits per heavy atom. The Kier molecular flexibility index (Phi) is 7.25. The largest absolute Gasteiger partial charge is 0.462 e. The topological polar surface area (TPSA) is 118 Å². The highest BCUT2D eigenvalue weighted by atomic mass is 19.1. The summed E-state index contributed by atoms with van der Waals surface area (Å²) in [5.74, 6) is -0.447. The van der Waals surface area contributed by atoms with Crippen LogP contribution in [0, 0.1) is 20.8 Å². The molecule has 1 amide bonds. The molecule has 10 nitrogen and oxygen atoms in total. The van der Waals surface area contributed by atoms with Crippen LogP contribution >= 0.6 is 0 Å². The molecule has 0 bridgehead atoms. The van der Waals surface area contributed by atoms with E-state index in [0.29, 0.717) is 48.6 Å². The second-order valence-corrected chi connectivity index (χ2v) is 8.83. The maximum atomic E-state index is 13.4. The molecular formula is C24H30FN7O3. The van der Waals surface area contributed by atoms with E-state index in [4.69, 9.17) is 4.74 Å². The van der Waals surface area contributed by atoms with Crippen LogP contribution in [0.2, 0.25) is 0 Å². The third kappa shape index (κ3) is 5.56. The first-order valence-electron chi connectivity index (χ1n) is 11.6. The van der Waals surface area contributed by atoms with Crippen molar-refractivity contribution in [3.05, 3.63) is 56.8 Å². The summed E-state index contributed by atoms with van der Waals surface area (Å²) in [7, 11) is 1.78. The fraction of sp³-hybridized carbons (Fsp3) is 0.458. The number of hydrogen-bond donors (Lipinski definition) is 2. The van der Waals surface area contributed by atoms with E-state index in [1.807, 2.05) is 24.8 Å². The van der Waals surface area contributed by atoms with E-state index in [1.165, 1.54) is 0 Å². The van der Waals surface area contributed by atoms with Crippen molar-refractivity contribution >= 4 is 5.91 Å². The van der Waals surface area contributed by atoms with Crippen LogP contribution in [0.1, 0.15) is 39.3 Å². The average Bonchev–Trinajstić information content (AvgIpc) is 3.41. The van der Waals surface area contributed by atoms with Crippen LogP contribution in [-0.2, 0) is 13.6 Å². The van der Waals surface area contributed by atoms with Crippen LogP contribution < -0.4 is 15.6 Å². The Labute approximate surface area is 202 Å². The third-order valence-electron chi connectivity index (χ3n) is 6.18. The molecule has 4 rings (SSSR count). The first-order valence-corrected chi connectivity index (χ1v) is 11.6. The van der Waals surface area contributed by atoms with Crippen LogP contribution in [0.25, 0.3) is 11.4 Å². The number of carbonyl (C=O) groups is 1. The molecule has 2 N–H and O–H groups in total. The summed E-state index contributed by atoms with van der Waals surface area (Å²) in [6.45, 7) is 7.33. The van der Waals surface area contributed by atoms with Gasteiger partial charge in [-0.25, -0.2) is 4.39 Å². The summed E-state index contributed by atoms with van der Waals surface area (Å²) in [6.07, 6.45) is 1.37. The molecule has 1 saturated heterocycles. The predicted octanol–water partition coefficient (Wildman–Crippen LogP) is 1.84. The van der Waals surface area contributed by atoms with Crippen molar-refractivity contribution < 1.29 is 13.9 Å². The lowest BCUT2D eigenvalue weighted by Crippen LogP contribution is -2.30. The molecule has 0 aromatic carbocycles. The standard InChI is InChI=1S/C24H30FN7O3/c1-14-11-15(2)28-22(33)18(14)12-26-23(34)21-16(3)20(19-5-7-27-31(19)4)29-24(30-21)35-10-9-32-8-6-17(25)13-32/h5,7,11,17H,6,8-10,12-13H2,1-4H3,(H,26,34)(H,28,33)/t17-/m0/s1. The second-order valence-electron chi connectivity index (χ2n) is 8.83. The molecule has 0 saturated carbocycles. The molecule has 0 radical (unpaired) electrons. The Morgan fingerprint density at radius 3 is 2.77 bits per heavy atom. The number of likely N-dealkylation sites (tertiary alicyclic amines) is 1. The molecule has 35 heavy (non-hydrogen) atoms. The quantitative estimate of drug-likeness (QED) is 0.502. The van der Waals surface area contributed by atoms with Crippen LogP contribution in [0.5, 0.6) is 6.01 Å². The second kappa shape index (κ2) is 10.3. The van der Waals surface area contributed by atoms with Gasteiger partial charge in [0, 0.05) is 56.2 Å². The van der Waals surface area contributed by atoms with E-state index in [2.05, 4.69) is 25.4 Å². The van der Waals surface area contributed by atoms with Gasteiger partial charge in [0.25, 0.3) is 11.5 Å². The lowest BCUT2D eigenvalue weighted by atomic mass is 10.1. The van der Waals surface area contributed by atoms with E-state index in [1.54, 1.807) is 30.9 Å². The van der Waals surface area contributed by atoms with Crippen LogP contribution in [-0.4, -0.2) is 68.0 Å². The van der Waals surface area contributed by atoms with Gasteiger partial charge < -0.3 is 15.0 Å². The van der Waals surface area contributed by atoms with Crippen molar-refractivity contribution in [2.75, 3.05) is 26.2 Å². The van der Waals surface area contributed by atoms with Crippen molar-refractivity contribution in [3.8, 4) is 17.4 Å². The molecule has 0 unspecified atom stereocenters.